The Labute approximate surface area is 96.7 Å². The third-order valence-electron chi connectivity index (χ3n) is 2.15. The second-order valence-electron chi connectivity index (χ2n) is 3.17. The second-order valence-corrected chi connectivity index (χ2v) is 3.56. The molecule has 0 saturated heterocycles. The van der Waals surface area contributed by atoms with Crippen LogP contribution in [0.3, 0.4) is 0 Å². The van der Waals surface area contributed by atoms with Crippen molar-refractivity contribution in [3.63, 3.8) is 0 Å². The van der Waals surface area contributed by atoms with Gasteiger partial charge in [-0.1, -0.05) is 23.7 Å². The van der Waals surface area contributed by atoms with E-state index in [2.05, 4.69) is 4.98 Å². The van der Waals surface area contributed by atoms with Crippen molar-refractivity contribution in [3.8, 4) is 11.3 Å². The summed E-state index contributed by atoms with van der Waals surface area (Å²) in [7, 11) is 0. The summed E-state index contributed by atoms with van der Waals surface area (Å²) in [6.45, 7) is 0. The van der Waals surface area contributed by atoms with E-state index in [1.54, 1.807) is 30.3 Å². The molecule has 0 amide bonds. The number of aromatic nitrogens is 1. The molecule has 80 valence electrons. The molecule has 1 aromatic carbocycles. The normalized spacial score (nSPS) is 10.1. The number of benzene rings is 1. The van der Waals surface area contributed by atoms with Gasteiger partial charge in [0.25, 0.3) is 0 Å². The highest BCUT2D eigenvalue weighted by atomic mass is 35.5. The smallest absolute Gasteiger partial charge is 0.153 e. The fourth-order valence-corrected chi connectivity index (χ4v) is 1.56. The van der Waals surface area contributed by atoms with Crippen molar-refractivity contribution in [1.82, 2.24) is 4.98 Å². The second kappa shape index (κ2) is 4.41. The zero-order chi connectivity index (χ0) is 11.5. The highest BCUT2D eigenvalue weighted by Crippen LogP contribution is 2.23. The van der Waals surface area contributed by atoms with Gasteiger partial charge in [0.05, 0.1) is 11.3 Å². The van der Waals surface area contributed by atoms with Gasteiger partial charge in [0.2, 0.25) is 0 Å². The molecule has 0 N–H and O–H groups in total. The maximum atomic E-state index is 13.8. The molecule has 0 unspecified atom stereocenters. The molecule has 2 aromatic rings. The molecular weight excluding hydrogens is 229 g/mol. The molecule has 0 radical (unpaired) electrons. The first kappa shape index (κ1) is 10.8. The van der Waals surface area contributed by atoms with Gasteiger partial charge >= 0.3 is 0 Å². The molecule has 16 heavy (non-hydrogen) atoms. The molecule has 0 atom stereocenters. The summed E-state index contributed by atoms with van der Waals surface area (Å²) in [5, 5.41) is 0.286. The molecule has 0 aliphatic carbocycles. The van der Waals surface area contributed by atoms with Crippen molar-refractivity contribution in [2.45, 2.75) is 0 Å². The first-order chi connectivity index (χ1) is 7.72. The molecule has 0 spiro atoms. The minimum absolute atomic E-state index is 0.0132. The Hall–Kier alpha value is -1.74. The lowest BCUT2D eigenvalue weighted by Gasteiger charge is -2.04. The number of pyridine rings is 1. The Morgan fingerprint density at radius 1 is 1.19 bits per heavy atom. The van der Waals surface area contributed by atoms with Gasteiger partial charge < -0.3 is 0 Å². The minimum Gasteiger partial charge on any atom is -0.298 e. The SMILES string of the molecule is O=Cc1cccc(-c2cccc(Cl)n2)c1F. The van der Waals surface area contributed by atoms with Crippen LogP contribution in [0, 0.1) is 5.82 Å². The molecule has 0 fully saturated rings. The summed E-state index contributed by atoms with van der Waals surface area (Å²) < 4.78 is 13.8. The van der Waals surface area contributed by atoms with E-state index in [9.17, 15) is 9.18 Å². The third kappa shape index (κ3) is 1.95. The number of hydrogen-bond acceptors (Lipinski definition) is 2. The number of hydrogen-bond donors (Lipinski definition) is 0. The van der Waals surface area contributed by atoms with Gasteiger partial charge in [0.15, 0.2) is 6.29 Å². The molecule has 2 nitrogen and oxygen atoms in total. The van der Waals surface area contributed by atoms with Crippen molar-refractivity contribution >= 4 is 17.9 Å². The predicted octanol–water partition coefficient (Wildman–Crippen LogP) is 3.35. The molecule has 0 aliphatic heterocycles. The highest BCUT2D eigenvalue weighted by molar-refractivity contribution is 6.29. The topological polar surface area (TPSA) is 30.0 Å². The predicted molar refractivity (Wildman–Crippen MR) is 60.0 cm³/mol. The van der Waals surface area contributed by atoms with Crippen molar-refractivity contribution in [2.75, 3.05) is 0 Å². The van der Waals surface area contributed by atoms with Crippen LogP contribution >= 0.6 is 11.6 Å². The third-order valence-corrected chi connectivity index (χ3v) is 2.36. The van der Waals surface area contributed by atoms with Crippen LogP contribution < -0.4 is 0 Å². The number of aldehydes is 1. The first-order valence-electron chi connectivity index (χ1n) is 4.59. The van der Waals surface area contributed by atoms with E-state index in [0.717, 1.165) is 0 Å². The molecule has 4 heteroatoms. The molecule has 0 aliphatic rings. The van der Waals surface area contributed by atoms with Gasteiger partial charge in [-0.2, -0.15) is 0 Å². The average Bonchev–Trinajstić information content (AvgIpc) is 2.29. The van der Waals surface area contributed by atoms with E-state index < -0.39 is 5.82 Å². The largest absolute Gasteiger partial charge is 0.298 e. The Kier molecular flexibility index (Phi) is 2.97. The average molecular weight is 236 g/mol. The van der Waals surface area contributed by atoms with Crippen LogP contribution in [0.2, 0.25) is 5.15 Å². The van der Waals surface area contributed by atoms with Crippen LogP contribution in [0.4, 0.5) is 4.39 Å². The number of nitrogens with zero attached hydrogens (tertiary/aromatic N) is 1. The summed E-state index contributed by atoms with van der Waals surface area (Å²) in [4.78, 5) is 14.6. The molecule has 1 heterocycles. The summed E-state index contributed by atoms with van der Waals surface area (Å²) in [6.07, 6.45) is 0.476. The summed E-state index contributed by atoms with van der Waals surface area (Å²) in [5.74, 6) is -0.577. The van der Waals surface area contributed by atoms with E-state index in [0.29, 0.717) is 12.0 Å². The van der Waals surface area contributed by atoms with E-state index in [4.69, 9.17) is 11.6 Å². The summed E-state index contributed by atoms with van der Waals surface area (Å²) >= 11 is 5.72. The van der Waals surface area contributed by atoms with Crippen molar-refractivity contribution in [3.05, 3.63) is 52.9 Å². The molecular formula is C12H7ClFNO. The number of halogens is 2. The Morgan fingerprint density at radius 2 is 1.94 bits per heavy atom. The first-order valence-corrected chi connectivity index (χ1v) is 4.97. The summed E-state index contributed by atoms with van der Waals surface area (Å²) in [5.41, 5.74) is 0.695. The van der Waals surface area contributed by atoms with Crippen LogP contribution in [0.15, 0.2) is 36.4 Å². The van der Waals surface area contributed by atoms with Crippen LogP contribution in [0.1, 0.15) is 10.4 Å². The van der Waals surface area contributed by atoms with Gasteiger partial charge in [0.1, 0.15) is 11.0 Å². The zero-order valence-electron chi connectivity index (χ0n) is 8.15. The van der Waals surface area contributed by atoms with E-state index >= 15 is 0 Å². The quantitative estimate of drug-likeness (QED) is 0.590. The van der Waals surface area contributed by atoms with Gasteiger partial charge in [-0.25, -0.2) is 9.37 Å². The van der Waals surface area contributed by atoms with Crippen LogP contribution in [-0.4, -0.2) is 11.3 Å². The summed E-state index contributed by atoms with van der Waals surface area (Å²) in [6, 6.07) is 9.49. The van der Waals surface area contributed by atoms with Gasteiger partial charge in [-0.3, -0.25) is 4.79 Å². The highest BCUT2D eigenvalue weighted by Gasteiger charge is 2.10. The molecule has 1 aromatic heterocycles. The van der Waals surface area contributed by atoms with Crippen molar-refractivity contribution < 1.29 is 9.18 Å². The standard InChI is InChI=1S/C12H7ClFNO/c13-11-6-2-5-10(15-11)9-4-1-3-8(7-16)12(9)14/h1-7H. The molecule has 2 rings (SSSR count). The van der Waals surface area contributed by atoms with E-state index in [-0.39, 0.29) is 16.3 Å². The Balaban J connectivity index is 2.60. The lowest BCUT2D eigenvalue weighted by atomic mass is 10.1. The molecule has 0 saturated carbocycles. The number of rotatable bonds is 2. The van der Waals surface area contributed by atoms with Crippen LogP contribution in [0.5, 0.6) is 0 Å². The Morgan fingerprint density at radius 3 is 2.62 bits per heavy atom. The fourth-order valence-electron chi connectivity index (χ4n) is 1.40. The van der Waals surface area contributed by atoms with Crippen molar-refractivity contribution in [2.24, 2.45) is 0 Å². The van der Waals surface area contributed by atoms with Gasteiger partial charge in [-0.05, 0) is 24.3 Å². The zero-order valence-corrected chi connectivity index (χ0v) is 8.91. The van der Waals surface area contributed by atoms with E-state index in [1.807, 2.05) is 0 Å². The minimum atomic E-state index is -0.577. The lowest BCUT2D eigenvalue weighted by Crippen LogP contribution is -1.93. The maximum absolute atomic E-state index is 13.8. The number of carbonyl (C=O) groups is 1. The van der Waals surface area contributed by atoms with Gasteiger partial charge in [0, 0.05) is 5.56 Å². The fraction of sp³-hybridized carbons (Fsp3) is 0. The van der Waals surface area contributed by atoms with Crippen LogP contribution in [0.25, 0.3) is 11.3 Å². The van der Waals surface area contributed by atoms with Crippen molar-refractivity contribution in [1.29, 1.82) is 0 Å². The monoisotopic (exact) mass is 235 g/mol. The number of carbonyl (C=O) groups excluding carboxylic acids is 1. The maximum Gasteiger partial charge on any atom is 0.153 e. The van der Waals surface area contributed by atoms with E-state index in [1.165, 1.54) is 6.07 Å². The molecule has 0 bridgehead atoms. The van der Waals surface area contributed by atoms with Gasteiger partial charge in [-0.15, -0.1) is 0 Å². The Bertz CT molecular complexity index is 542. The lowest BCUT2D eigenvalue weighted by molar-refractivity contribution is 0.112. The van der Waals surface area contributed by atoms with Crippen LogP contribution in [-0.2, 0) is 0 Å².